The summed E-state index contributed by atoms with van der Waals surface area (Å²) in [5, 5.41) is 1.35. The van der Waals surface area contributed by atoms with Gasteiger partial charge in [0.1, 0.15) is 0 Å². The van der Waals surface area contributed by atoms with Gasteiger partial charge in [-0.1, -0.05) is 18.2 Å². The Balaban J connectivity index is 2.76. The number of fused-ring (bicyclic) bond motifs is 1. The number of para-hydroxylation sites is 1. The first-order valence-electron chi connectivity index (χ1n) is 3.95. The fourth-order valence-corrected chi connectivity index (χ4v) is 1.97. The molecule has 1 heterocycles. The Kier molecular flexibility index (Phi) is 1.54. The van der Waals surface area contributed by atoms with Crippen molar-refractivity contribution in [2.24, 2.45) is 0 Å². The summed E-state index contributed by atoms with van der Waals surface area (Å²) in [5.74, 6) is 0. The van der Waals surface area contributed by atoms with Crippen LogP contribution in [0.5, 0.6) is 0 Å². The number of benzene rings is 1. The minimum atomic E-state index is 1.19. The van der Waals surface area contributed by atoms with Crippen molar-refractivity contribution in [3.05, 3.63) is 36.5 Å². The van der Waals surface area contributed by atoms with Crippen molar-refractivity contribution in [3.8, 4) is 0 Å². The van der Waals surface area contributed by atoms with Gasteiger partial charge in [0.15, 0.2) is 0 Å². The van der Waals surface area contributed by atoms with Crippen LogP contribution in [0.25, 0.3) is 10.9 Å². The lowest BCUT2D eigenvalue weighted by atomic mass is 10.2. The van der Waals surface area contributed by atoms with Crippen LogP contribution >= 0.6 is 0 Å². The second-order valence-electron chi connectivity index (χ2n) is 2.66. The first-order valence-corrected chi connectivity index (χ1v) is 5.37. The molecule has 0 aliphatic rings. The summed E-state index contributed by atoms with van der Waals surface area (Å²) in [6.45, 7) is 0. The maximum absolute atomic E-state index is 2.31. The summed E-state index contributed by atoms with van der Waals surface area (Å²) in [6.07, 6.45) is 3.35. The second-order valence-corrected chi connectivity index (χ2v) is 3.29. The quantitative estimate of drug-likeness (QED) is 0.549. The van der Waals surface area contributed by atoms with Crippen molar-refractivity contribution in [2.45, 2.75) is 6.17 Å². The molecule has 56 valence electrons. The van der Waals surface area contributed by atoms with Crippen molar-refractivity contribution >= 4 is 21.1 Å². The normalized spacial score (nSPS) is 10.9. The van der Waals surface area contributed by atoms with E-state index in [4.69, 9.17) is 0 Å². The van der Waals surface area contributed by atoms with Gasteiger partial charge in [-0.05, 0) is 17.5 Å². The van der Waals surface area contributed by atoms with Crippen LogP contribution in [-0.2, 0) is 6.17 Å². The first-order chi connectivity index (χ1) is 5.42. The highest BCUT2D eigenvalue weighted by molar-refractivity contribution is 6.07. The fourth-order valence-electron chi connectivity index (χ4n) is 1.42. The predicted octanol–water partition coefficient (Wildman–Crippen LogP) is 0.964. The van der Waals surface area contributed by atoms with Gasteiger partial charge in [-0.25, -0.2) is 0 Å². The Labute approximate surface area is 69.1 Å². The van der Waals surface area contributed by atoms with E-state index in [1.807, 2.05) is 0 Å². The van der Waals surface area contributed by atoms with Gasteiger partial charge in [0.25, 0.3) is 0 Å². The van der Waals surface area contributed by atoms with Crippen molar-refractivity contribution in [3.63, 3.8) is 0 Å². The molecule has 0 N–H and O–H groups in total. The van der Waals surface area contributed by atoms with Gasteiger partial charge in [0.05, 0.1) is 0 Å². The molecule has 1 aromatic heterocycles. The second kappa shape index (κ2) is 2.55. The third-order valence-corrected chi connectivity index (χ3v) is 2.70. The number of hydrogen-bond donors (Lipinski definition) is 0. The van der Waals surface area contributed by atoms with Crippen LogP contribution in [-0.4, -0.2) is 14.8 Å². The standard InChI is InChI=1S/C9H11NSi/c11-7-10-6-5-8-3-1-2-4-9(8)10/h1-6H,7H2,11H3. The molecule has 0 radical (unpaired) electrons. The maximum atomic E-state index is 2.31. The molecule has 0 saturated carbocycles. The Hall–Kier alpha value is -1.02. The van der Waals surface area contributed by atoms with Crippen LogP contribution in [0.3, 0.4) is 0 Å². The summed E-state index contributed by atoms with van der Waals surface area (Å²) in [5.41, 5.74) is 1.36. The Morgan fingerprint density at radius 3 is 2.82 bits per heavy atom. The van der Waals surface area contributed by atoms with Gasteiger partial charge < -0.3 is 4.57 Å². The van der Waals surface area contributed by atoms with E-state index in [9.17, 15) is 0 Å². The maximum Gasteiger partial charge on any atom is 0.0477 e. The third-order valence-electron chi connectivity index (χ3n) is 2.02. The minimum Gasteiger partial charge on any atom is -0.351 e. The monoisotopic (exact) mass is 161 g/mol. The van der Waals surface area contributed by atoms with E-state index in [0.29, 0.717) is 0 Å². The lowest BCUT2D eigenvalue weighted by Gasteiger charge is -1.98. The van der Waals surface area contributed by atoms with Crippen molar-refractivity contribution in [1.29, 1.82) is 0 Å². The molecule has 0 saturated heterocycles. The van der Waals surface area contributed by atoms with Crippen LogP contribution in [0.1, 0.15) is 0 Å². The van der Waals surface area contributed by atoms with Crippen LogP contribution in [0.2, 0.25) is 0 Å². The van der Waals surface area contributed by atoms with Crippen molar-refractivity contribution in [1.82, 2.24) is 4.57 Å². The molecule has 0 atom stereocenters. The highest BCUT2D eigenvalue weighted by Crippen LogP contribution is 2.13. The highest BCUT2D eigenvalue weighted by atomic mass is 28.1. The van der Waals surface area contributed by atoms with Gasteiger partial charge in [-0.2, -0.15) is 0 Å². The van der Waals surface area contributed by atoms with E-state index >= 15 is 0 Å². The zero-order valence-corrected chi connectivity index (χ0v) is 8.62. The third kappa shape index (κ3) is 0.993. The Bertz CT molecular complexity index is 364. The van der Waals surface area contributed by atoms with Crippen molar-refractivity contribution in [2.75, 3.05) is 0 Å². The van der Waals surface area contributed by atoms with Gasteiger partial charge >= 0.3 is 0 Å². The van der Waals surface area contributed by atoms with Crippen LogP contribution < -0.4 is 0 Å². The molecular formula is C9H11NSi. The number of aromatic nitrogens is 1. The van der Waals surface area contributed by atoms with E-state index in [0.717, 1.165) is 0 Å². The van der Waals surface area contributed by atoms with E-state index < -0.39 is 0 Å². The zero-order valence-electron chi connectivity index (χ0n) is 6.62. The summed E-state index contributed by atoms with van der Waals surface area (Å²) < 4.78 is 2.31. The molecule has 0 aliphatic carbocycles. The Morgan fingerprint density at radius 1 is 1.18 bits per heavy atom. The minimum absolute atomic E-state index is 1.19. The smallest absolute Gasteiger partial charge is 0.0477 e. The molecule has 2 heteroatoms. The lowest BCUT2D eigenvalue weighted by Crippen LogP contribution is -1.93. The van der Waals surface area contributed by atoms with E-state index in [2.05, 4.69) is 41.1 Å². The molecule has 0 bridgehead atoms. The highest BCUT2D eigenvalue weighted by Gasteiger charge is 1.95. The molecular weight excluding hydrogens is 150 g/mol. The molecule has 2 aromatic rings. The predicted molar refractivity (Wildman–Crippen MR) is 51.9 cm³/mol. The van der Waals surface area contributed by atoms with E-state index in [1.165, 1.54) is 27.3 Å². The lowest BCUT2D eigenvalue weighted by molar-refractivity contribution is 0.931. The molecule has 2 rings (SSSR count). The van der Waals surface area contributed by atoms with Gasteiger partial charge in [0.2, 0.25) is 0 Å². The molecule has 11 heavy (non-hydrogen) atoms. The molecule has 0 fully saturated rings. The molecule has 0 unspecified atom stereocenters. The van der Waals surface area contributed by atoms with Gasteiger partial charge in [-0.15, -0.1) is 0 Å². The van der Waals surface area contributed by atoms with Crippen LogP contribution in [0.15, 0.2) is 36.5 Å². The first kappa shape index (κ1) is 6.67. The number of hydrogen-bond acceptors (Lipinski definition) is 0. The number of rotatable bonds is 1. The van der Waals surface area contributed by atoms with Crippen molar-refractivity contribution < 1.29 is 0 Å². The average Bonchev–Trinajstić information content (AvgIpc) is 2.47. The topological polar surface area (TPSA) is 4.93 Å². The van der Waals surface area contributed by atoms with E-state index in [-0.39, 0.29) is 0 Å². The van der Waals surface area contributed by atoms with Gasteiger partial charge in [0, 0.05) is 28.1 Å². The molecule has 1 nitrogen and oxygen atoms in total. The van der Waals surface area contributed by atoms with Crippen LogP contribution in [0.4, 0.5) is 0 Å². The molecule has 1 aromatic carbocycles. The summed E-state index contributed by atoms with van der Waals surface area (Å²) in [6, 6.07) is 10.7. The van der Waals surface area contributed by atoms with Gasteiger partial charge in [-0.3, -0.25) is 0 Å². The zero-order chi connectivity index (χ0) is 7.68. The largest absolute Gasteiger partial charge is 0.351 e. The van der Waals surface area contributed by atoms with E-state index in [1.54, 1.807) is 0 Å². The Morgan fingerprint density at radius 2 is 2.00 bits per heavy atom. The molecule has 0 amide bonds. The van der Waals surface area contributed by atoms with Crippen LogP contribution in [0, 0.1) is 0 Å². The molecule has 0 spiro atoms. The number of nitrogens with zero attached hydrogens (tertiary/aromatic N) is 1. The summed E-state index contributed by atoms with van der Waals surface area (Å²) in [4.78, 5) is 0. The average molecular weight is 161 g/mol. The fraction of sp³-hybridized carbons (Fsp3) is 0.111. The SMILES string of the molecule is [SiH3]Cn1ccc2ccccc21. The summed E-state index contributed by atoms with van der Waals surface area (Å²) in [7, 11) is 1.22. The summed E-state index contributed by atoms with van der Waals surface area (Å²) >= 11 is 0. The molecule has 0 aliphatic heterocycles.